The van der Waals surface area contributed by atoms with E-state index in [0.717, 1.165) is 17.5 Å². The number of anilines is 1. The lowest BCUT2D eigenvalue weighted by atomic mass is 10.0. The van der Waals surface area contributed by atoms with Gasteiger partial charge in [-0.1, -0.05) is 13.0 Å². The number of piperidine rings is 1. The van der Waals surface area contributed by atoms with E-state index in [2.05, 4.69) is 48.2 Å². The summed E-state index contributed by atoms with van der Waals surface area (Å²) in [6.07, 6.45) is 4.72. The van der Waals surface area contributed by atoms with E-state index in [1.807, 2.05) is 18.2 Å². The summed E-state index contributed by atoms with van der Waals surface area (Å²) in [5, 5.41) is 7.87. The average molecular weight is 631 g/mol. The Morgan fingerprint density at radius 2 is 1.83 bits per heavy atom. The van der Waals surface area contributed by atoms with Crippen molar-refractivity contribution < 1.29 is 19.2 Å². The normalized spacial score (nSPS) is 20.8. The van der Waals surface area contributed by atoms with Gasteiger partial charge >= 0.3 is 0 Å². The Morgan fingerprint density at radius 1 is 1.10 bits per heavy atom. The zero-order valence-electron chi connectivity index (χ0n) is 23.1. The van der Waals surface area contributed by atoms with Crippen LogP contribution in [0.1, 0.15) is 53.4 Å². The molecule has 3 aromatic heterocycles. The molecule has 2 aliphatic rings. The number of aryl methyl sites for hydroxylation is 1. The third-order valence-corrected chi connectivity index (χ3v) is 8.45. The van der Waals surface area contributed by atoms with E-state index in [1.165, 1.54) is 23.7 Å². The molecule has 3 N–H and O–H groups in total. The van der Waals surface area contributed by atoms with Gasteiger partial charge in [-0.3, -0.25) is 23.9 Å². The monoisotopic (exact) mass is 630 g/mol. The molecule has 1 saturated carbocycles. The largest absolute Gasteiger partial charge is 0.366 e. The van der Waals surface area contributed by atoms with Gasteiger partial charge in [-0.15, -0.1) is 0 Å². The van der Waals surface area contributed by atoms with Crippen LogP contribution in [-0.2, 0) is 16.1 Å². The van der Waals surface area contributed by atoms with Crippen molar-refractivity contribution in [2.24, 2.45) is 11.1 Å². The molecule has 12 nitrogen and oxygen atoms in total. The Balaban J connectivity index is 1.28. The summed E-state index contributed by atoms with van der Waals surface area (Å²) < 4.78 is 1.86. The van der Waals surface area contributed by atoms with Gasteiger partial charge in [0, 0.05) is 41.9 Å². The molecule has 13 heteroatoms. The zero-order chi connectivity index (χ0) is 29.9. The van der Waals surface area contributed by atoms with Crippen LogP contribution in [-0.4, -0.2) is 65.2 Å². The number of primary amides is 1. The minimum atomic E-state index is -0.735. The van der Waals surface area contributed by atoms with Crippen LogP contribution in [0, 0.1) is 12.3 Å². The van der Waals surface area contributed by atoms with Crippen LogP contribution in [0.3, 0.4) is 0 Å². The Bertz CT molecular complexity index is 1800. The highest BCUT2D eigenvalue weighted by atomic mass is 79.9. The number of nitrogens with one attached hydrogen (secondary N) is 1. The maximum atomic E-state index is 13.8. The number of carbonyl (C=O) groups is 4. The molecule has 4 aromatic rings. The van der Waals surface area contributed by atoms with Crippen LogP contribution in [0.25, 0.3) is 22.0 Å². The van der Waals surface area contributed by atoms with Gasteiger partial charge < -0.3 is 16.0 Å². The summed E-state index contributed by atoms with van der Waals surface area (Å²) in [7, 11) is 0. The van der Waals surface area contributed by atoms with Gasteiger partial charge in [-0.2, -0.15) is 5.10 Å². The SMILES string of the molecule is CC(=O)c1nn(CC(=O)N2[C@H](C(=O)Nc3cc(C(N)=O)cc(Br)n3)C[C@@]3(C)C[C@@H]23)c2ccc(-c3cnc(C)nc3)cc12. The number of halogens is 1. The highest BCUT2D eigenvalue weighted by Gasteiger charge is 2.64. The predicted octanol–water partition coefficient (Wildman–Crippen LogP) is 3.28. The van der Waals surface area contributed by atoms with Gasteiger partial charge in [0.1, 0.15) is 34.5 Å². The summed E-state index contributed by atoms with van der Waals surface area (Å²) in [6.45, 7) is 5.15. The van der Waals surface area contributed by atoms with Gasteiger partial charge in [0.2, 0.25) is 17.7 Å². The lowest BCUT2D eigenvalue weighted by Gasteiger charge is -2.27. The molecule has 1 aromatic carbocycles. The molecule has 3 amide bonds. The number of likely N-dealkylation sites (tertiary alicyclic amines) is 1. The lowest BCUT2D eigenvalue weighted by molar-refractivity contribution is -0.138. The minimum Gasteiger partial charge on any atom is -0.366 e. The number of nitrogens with zero attached hydrogens (tertiary/aromatic N) is 6. The molecular weight excluding hydrogens is 604 g/mol. The second-order valence-corrected chi connectivity index (χ2v) is 11.9. The van der Waals surface area contributed by atoms with E-state index in [9.17, 15) is 19.2 Å². The fraction of sp³-hybridized carbons (Fsp3) is 0.310. The number of fused-ring (bicyclic) bond motifs is 2. The maximum Gasteiger partial charge on any atom is 0.248 e. The summed E-state index contributed by atoms with van der Waals surface area (Å²) >= 11 is 3.23. The van der Waals surface area contributed by atoms with E-state index < -0.39 is 17.9 Å². The Morgan fingerprint density at radius 3 is 2.52 bits per heavy atom. The smallest absolute Gasteiger partial charge is 0.248 e. The zero-order valence-corrected chi connectivity index (χ0v) is 24.7. The van der Waals surface area contributed by atoms with Crippen molar-refractivity contribution in [1.82, 2.24) is 29.6 Å². The number of hydrogen-bond donors (Lipinski definition) is 2. The second-order valence-electron chi connectivity index (χ2n) is 11.1. The van der Waals surface area contributed by atoms with E-state index >= 15 is 0 Å². The van der Waals surface area contributed by atoms with Gasteiger partial charge in [-0.05, 0) is 70.9 Å². The number of carbonyl (C=O) groups excluding carboxylic acids is 4. The van der Waals surface area contributed by atoms with Crippen molar-refractivity contribution in [1.29, 1.82) is 0 Å². The molecule has 2 fully saturated rings. The van der Waals surface area contributed by atoms with E-state index in [-0.39, 0.29) is 46.8 Å². The lowest BCUT2D eigenvalue weighted by Crippen LogP contribution is -2.46. The first-order valence-corrected chi connectivity index (χ1v) is 14.1. The molecule has 0 radical (unpaired) electrons. The summed E-state index contributed by atoms with van der Waals surface area (Å²) in [4.78, 5) is 65.8. The molecule has 0 spiro atoms. The summed E-state index contributed by atoms with van der Waals surface area (Å²) in [5.41, 5.74) is 7.91. The first-order chi connectivity index (χ1) is 19.9. The fourth-order valence-electron chi connectivity index (χ4n) is 5.76. The van der Waals surface area contributed by atoms with Crippen LogP contribution in [0.4, 0.5) is 5.82 Å². The number of pyridine rings is 1. The maximum absolute atomic E-state index is 13.8. The molecule has 214 valence electrons. The van der Waals surface area contributed by atoms with Crippen molar-refractivity contribution >= 4 is 56.2 Å². The Kier molecular flexibility index (Phi) is 6.64. The van der Waals surface area contributed by atoms with E-state index in [0.29, 0.717) is 27.8 Å². The Hall–Kier alpha value is -4.52. The van der Waals surface area contributed by atoms with Crippen molar-refractivity contribution in [3.8, 4) is 11.1 Å². The topological polar surface area (TPSA) is 166 Å². The van der Waals surface area contributed by atoms with Crippen LogP contribution >= 0.6 is 15.9 Å². The fourth-order valence-corrected chi connectivity index (χ4v) is 6.20. The van der Waals surface area contributed by atoms with Gasteiger partial charge in [0.05, 0.1) is 5.52 Å². The highest BCUT2D eigenvalue weighted by Crippen LogP contribution is 2.59. The number of benzene rings is 1. The summed E-state index contributed by atoms with van der Waals surface area (Å²) in [6, 6.07) is 7.58. The van der Waals surface area contributed by atoms with Gasteiger partial charge in [-0.25, -0.2) is 15.0 Å². The first-order valence-electron chi connectivity index (χ1n) is 13.3. The predicted molar refractivity (Wildman–Crippen MR) is 156 cm³/mol. The third kappa shape index (κ3) is 4.93. The minimum absolute atomic E-state index is 0.0837. The highest BCUT2D eigenvalue weighted by molar-refractivity contribution is 9.10. The third-order valence-electron chi connectivity index (χ3n) is 8.04. The Labute approximate surface area is 248 Å². The van der Waals surface area contributed by atoms with Crippen molar-refractivity contribution in [2.75, 3.05) is 5.32 Å². The average Bonchev–Trinajstić information content (AvgIpc) is 3.30. The van der Waals surface area contributed by atoms with Crippen LogP contribution in [0.2, 0.25) is 0 Å². The van der Waals surface area contributed by atoms with Crippen LogP contribution < -0.4 is 11.1 Å². The molecule has 1 aliphatic heterocycles. The van der Waals surface area contributed by atoms with Crippen LogP contribution in [0.15, 0.2) is 47.3 Å². The second kappa shape index (κ2) is 10.1. The number of rotatable bonds is 7. The number of Topliss-reactive ketones (excluding diaryl/α,β-unsaturated/α-hetero) is 1. The molecule has 4 heterocycles. The molecule has 42 heavy (non-hydrogen) atoms. The molecular formula is C29H27BrN8O4. The molecule has 0 unspecified atom stereocenters. The summed E-state index contributed by atoms with van der Waals surface area (Å²) in [5.74, 6) is -0.765. The van der Waals surface area contributed by atoms with Crippen molar-refractivity contribution in [3.05, 3.63) is 64.4 Å². The number of hydrogen-bond acceptors (Lipinski definition) is 8. The molecule has 1 saturated heterocycles. The standard InChI is InChI=1S/C29H27BrN8O4/c1-14(39)26-19-6-16(18-11-32-15(2)33-12-18)4-5-20(19)37(36-26)13-25(40)38-21(9-29(3)10-22(29)38)28(42)35-24-8-17(27(31)41)7-23(30)34-24/h4-8,11-12,21-22H,9-10,13H2,1-3H3,(H2,31,41)(H,34,35,42)/t21-,22+,29-/m0/s1. The van der Waals surface area contributed by atoms with Gasteiger partial charge in [0.15, 0.2) is 5.78 Å². The van der Waals surface area contributed by atoms with Crippen molar-refractivity contribution in [3.63, 3.8) is 0 Å². The molecule has 1 aliphatic carbocycles. The number of nitrogens with two attached hydrogens (primary N) is 1. The van der Waals surface area contributed by atoms with E-state index in [1.54, 1.807) is 24.2 Å². The quantitative estimate of drug-likeness (QED) is 0.232. The van der Waals surface area contributed by atoms with Crippen molar-refractivity contribution in [2.45, 2.75) is 52.2 Å². The van der Waals surface area contributed by atoms with Gasteiger partial charge in [0.25, 0.3) is 0 Å². The molecule has 6 rings (SSSR count). The first kappa shape index (κ1) is 27.6. The molecule has 0 bridgehead atoms. The number of aromatic nitrogens is 5. The number of amides is 3. The molecule has 3 atom stereocenters. The number of ketones is 1. The van der Waals surface area contributed by atoms with Crippen LogP contribution in [0.5, 0.6) is 0 Å². The van der Waals surface area contributed by atoms with E-state index in [4.69, 9.17) is 5.73 Å².